The SMILES string of the molecule is O=C(N[C@H]1CC[C@@H](c2ccc(F)cc2)CC1)C1=C(O)C(=O)N(CC(F)(F)F)C1. The summed E-state index contributed by atoms with van der Waals surface area (Å²) in [6, 6.07) is 6.09. The molecule has 0 atom stereocenters. The molecule has 0 unspecified atom stereocenters. The highest BCUT2D eigenvalue weighted by molar-refractivity contribution is 6.07. The Morgan fingerprint density at radius 1 is 1.14 bits per heavy atom. The first-order valence-corrected chi connectivity index (χ1v) is 8.98. The molecule has 2 amide bonds. The van der Waals surface area contributed by atoms with Gasteiger partial charge in [-0.2, -0.15) is 13.2 Å². The smallest absolute Gasteiger partial charge is 0.406 e. The number of amides is 2. The molecule has 5 nitrogen and oxygen atoms in total. The average Bonchev–Trinajstić information content (AvgIpc) is 2.90. The van der Waals surface area contributed by atoms with Gasteiger partial charge in [0.1, 0.15) is 12.4 Å². The number of carbonyl (C=O) groups is 2. The lowest BCUT2D eigenvalue weighted by molar-refractivity contribution is -0.157. The number of carbonyl (C=O) groups excluding carboxylic acids is 2. The molecule has 9 heteroatoms. The van der Waals surface area contributed by atoms with Crippen LogP contribution in [0.25, 0.3) is 0 Å². The number of nitrogens with zero attached hydrogens (tertiary/aromatic N) is 1. The molecular weight excluding hydrogens is 380 g/mol. The quantitative estimate of drug-likeness (QED) is 0.763. The third-order valence-electron chi connectivity index (χ3n) is 5.17. The molecule has 0 spiro atoms. The van der Waals surface area contributed by atoms with Gasteiger partial charge in [0.25, 0.3) is 11.8 Å². The molecule has 3 rings (SSSR count). The van der Waals surface area contributed by atoms with Gasteiger partial charge in [-0.05, 0) is 49.3 Å². The van der Waals surface area contributed by atoms with Gasteiger partial charge >= 0.3 is 6.18 Å². The van der Waals surface area contributed by atoms with Gasteiger partial charge in [-0.15, -0.1) is 0 Å². The zero-order chi connectivity index (χ0) is 20.5. The van der Waals surface area contributed by atoms with Gasteiger partial charge in [-0.25, -0.2) is 4.39 Å². The van der Waals surface area contributed by atoms with Crippen LogP contribution < -0.4 is 5.32 Å². The van der Waals surface area contributed by atoms with E-state index in [1.165, 1.54) is 12.1 Å². The second-order valence-corrected chi connectivity index (χ2v) is 7.18. The normalized spacial score (nSPS) is 23.3. The van der Waals surface area contributed by atoms with Crippen molar-refractivity contribution in [3.63, 3.8) is 0 Å². The molecule has 1 saturated carbocycles. The summed E-state index contributed by atoms with van der Waals surface area (Å²) in [4.78, 5) is 24.5. The molecule has 1 aromatic carbocycles. The Kier molecular flexibility index (Phi) is 5.62. The largest absolute Gasteiger partial charge is 0.503 e. The van der Waals surface area contributed by atoms with E-state index in [0.717, 1.165) is 18.4 Å². The summed E-state index contributed by atoms with van der Waals surface area (Å²) < 4.78 is 50.5. The van der Waals surface area contributed by atoms with Gasteiger partial charge < -0.3 is 15.3 Å². The summed E-state index contributed by atoms with van der Waals surface area (Å²) in [5.41, 5.74) is 0.686. The van der Waals surface area contributed by atoms with Gasteiger partial charge in [0, 0.05) is 6.04 Å². The second kappa shape index (κ2) is 7.81. The van der Waals surface area contributed by atoms with E-state index in [-0.39, 0.29) is 23.4 Å². The molecule has 2 N–H and O–H groups in total. The summed E-state index contributed by atoms with van der Waals surface area (Å²) in [5, 5.41) is 12.5. The number of alkyl halides is 3. The average molecular weight is 400 g/mol. The highest BCUT2D eigenvalue weighted by Gasteiger charge is 2.41. The number of hydrogen-bond donors (Lipinski definition) is 2. The van der Waals surface area contributed by atoms with Crippen molar-refractivity contribution >= 4 is 11.8 Å². The van der Waals surface area contributed by atoms with E-state index in [1.54, 1.807) is 12.1 Å². The lowest BCUT2D eigenvalue weighted by Gasteiger charge is -2.29. The fourth-order valence-electron chi connectivity index (χ4n) is 3.72. The molecule has 1 aromatic rings. The fourth-order valence-corrected chi connectivity index (χ4v) is 3.72. The van der Waals surface area contributed by atoms with Crippen LogP contribution in [0.4, 0.5) is 17.6 Å². The van der Waals surface area contributed by atoms with Crippen molar-refractivity contribution in [2.75, 3.05) is 13.1 Å². The first-order chi connectivity index (χ1) is 13.1. The number of aliphatic hydroxyl groups is 1. The van der Waals surface area contributed by atoms with Crippen molar-refractivity contribution in [1.29, 1.82) is 0 Å². The van der Waals surface area contributed by atoms with Crippen molar-refractivity contribution in [2.45, 2.75) is 43.8 Å². The molecule has 1 aliphatic carbocycles. The highest BCUT2D eigenvalue weighted by Crippen LogP contribution is 2.33. The molecule has 0 bridgehead atoms. The zero-order valence-electron chi connectivity index (χ0n) is 14.9. The number of aliphatic hydroxyl groups excluding tert-OH is 1. The van der Waals surface area contributed by atoms with Crippen LogP contribution in [0.2, 0.25) is 0 Å². The molecule has 0 saturated heterocycles. The molecule has 0 aromatic heterocycles. The van der Waals surface area contributed by atoms with E-state index in [4.69, 9.17) is 0 Å². The Morgan fingerprint density at radius 2 is 1.75 bits per heavy atom. The Morgan fingerprint density at radius 3 is 2.32 bits per heavy atom. The Balaban J connectivity index is 1.54. The van der Waals surface area contributed by atoms with Crippen LogP contribution >= 0.6 is 0 Å². The topological polar surface area (TPSA) is 69.6 Å². The maximum Gasteiger partial charge on any atom is 0.406 e. The molecule has 0 radical (unpaired) electrons. The standard InChI is InChI=1S/C19H20F4N2O3/c20-13-5-1-11(2-6-13)12-3-7-14(8-4-12)24-17(27)15-9-25(10-19(21,22)23)18(28)16(15)26/h1-2,5-6,12,14,26H,3-4,7-10H2,(H,24,27)/t12-,14+. The first kappa shape index (κ1) is 20.2. The van der Waals surface area contributed by atoms with Gasteiger partial charge in [-0.1, -0.05) is 12.1 Å². The van der Waals surface area contributed by atoms with Gasteiger partial charge in [0.2, 0.25) is 0 Å². The van der Waals surface area contributed by atoms with E-state index < -0.39 is 36.8 Å². The van der Waals surface area contributed by atoms with Crippen LogP contribution in [0.15, 0.2) is 35.6 Å². The third-order valence-corrected chi connectivity index (χ3v) is 5.17. The molecule has 2 aliphatic rings. The molecule has 1 heterocycles. The first-order valence-electron chi connectivity index (χ1n) is 8.98. The van der Waals surface area contributed by atoms with Crippen molar-refractivity contribution in [3.8, 4) is 0 Å². The lowest BCUT2D eigenvalue weighted by Crippen LogP contribution is -2.40. The minimum atomic E-state index is -4.61. The lowest BCUT2D eigenvalue weighted by atomic mass is 9.81. The van der Waals surface area contributed by atoms with Crippen LogP contribution in [-0.4, -0.2) is 47.1 Å². The second-order valence-electron chi connectivity index (χ2n) is 7.18. The van der Waals surface area contributed by atoms with Crippen molar-refractivity contribution in [1.82, 2.24) is 10.2 Å². The minimum absolute atomic E-state index is 0.198. The predicted molar refractivity (Wildman–Crippen MR) is 91.8 cm³/mol. The number of rotatable bonds is 4. The summed E-state index contributed by atoms with van der Waals surface area (Å²) in [6.45, 7) is -2.09. The van der Waals surface area contributed by atoms with Gasteiger partial charge in [-0.3, -0.25) is 9.59 Å². The molecule has 28 heavy (non-hydrogen) atoms. The number of benzene rings is 1. The molecule has 1 aliphatic heterocycles. The number of nitrogens with one attached hydrogen (secondary N) is 1. The maximum atomic E-state index is 13.0. The van der Waals surface area contributed by atoms with E-state index in [2.05, 4.69) is 5.32 Å². The Bertz CT molecular complexity index is 781. The highest BCUT2D eigenvalue weighted by atomic mass is 19.4. The molecule has 152 valence electrons. The molecule has 1 fully saturated rings. The van der Waals surface area contributed by atoms with Gasteiger partial charge in [0.05, 0.1) is 12.1 Å². The summed E-state index contributed by atoms with van der Waals surface area (Å²) in [5.74, 6) is -2.90. The van der Waals surface area contributed by atoms with Gasteiger partial charge in [0.15, 0.2) is 5.76 Å². The third kappa shape index (κ3) is 4.63. The van der Waals surface area contributed by atoms with E-state index in [0.29, 0.717) is 17.7 Å². The fraction of sp³-hybridized carbons (Fsp3) is 0.474. The van der Waals surface area contributed by atoms with Crippen LogP contribution in [-0.2, 0) is 9.59 Å². The number of hydrogen-bond acceptors (Lipinski definition) is 3. The summed E-state index contributed by atoms with van der Waals surface area (Å²) in [7, 11) is 0. The monoisotopic (exact) mass is 400 g/mol. The Hall–Kier alpha value is -2.58. The van der Waals surface area contributed by atoms with E-state index >= 15 is 0 Å². The van der Waals surface area contributed by atoms with E-state index in [1.807, 2.05) is 0 Å². The molecular formula is C19H20F4N2O3. The number of halogens is 4. The minimum Gasteiger partial charge on any atom is -0.503 e. The van der Waals surface area contributed by atoms with Crippen LogP contribution in [0, 0.1) is 5.82 Å². The summed E-state index contributed by atoms with van der Waals surface area (Å²) in [6.07, 6.45) is -1.80. The Labute approximate surface area is 159 Å². The predicted octanol–water partition coefficient (Wildman–Crippen LogP) is 3.18. The zero-order valence-corrected chi connectivity index (χ0v) is 14.9. The van der Waals surface area contributed by atoms with Crippen molar-refractivity contribution < 1.29 is 32.3 Å². The van der Waals surface area contributed by atoms with Crippen LogP contribution in [0.1, 0.15) is 37.2 Å². The van der Waals surface area contributed by atoms with Crippen molar-refractivity contribution in [2.24, 2.45) is 0 Å². The maximum absolute atomic E-state index is 13.0. The summed E-state index contributed by atoms with van der Waals surface area (Å²) >= 11 is 0. The van der Waals surface area contributed by atoms with Crippen molar-refractivity contribution in [3.05, 3.63) is 47.0 Å². The van der Waals surface area contributed by atoms with Crippen LogP contribution in [0.5, 0.6) is 0 Å². The van der Waals surface area contributed by atoms with Crippen LogP contribution in [0.3, 0.4) is 0 Å². The van der Waals surface area contributed by atoms with E-state index in [9.17, 15) is 32.3 Å².